The monoisotopic (exact) mass is 261 g/mol. The van der Waals surface area contributed by atoms with Crippen molar-refractivity contribution in [2.45, 2.75) is 12.8 Å². The third-order valence-corrected chi connectivity index (χ3v) is 0.691. The second kappa shape index (κ2) is 3.40. The van der Waals surface area contributed by atoms with E-state index in [1.54, 1.807) is 0 Å². The fourth-order valence-electron chi connectivity index (χ4n) is 0.417. The molecule has 1 heteroatoms. The van der Waals surface area contributed by atoms with Crippen LogP contribution in [0.3, 0.4) is 0 Å². The predicted octanol–water partition coefficient (Wildman–Crippen LogP) is 1.49. The molecule has 1 aliphatic carbocycles. The third kappa shape index (κ3) is 1.60. The Bertz CT molecular complexity index is 69.9. The standard InChI is InChI=1S/C5H6.Pt/c1-2-4-5-3-1;/h1,5H,2,4H2;. The van der Waals surface area contributed by atoms with E-state index in [1.165, 1.54) is 12.8 Å². The summed E-state index contributed by atoms with van der Waals surface area (Å²) in [6, 6.07) is 0. The van der Waals surface area contributed by atoms with Crippen LogP contribution in [0, 0.1) is 0 Å². The van der Waals surface area contributed by atoms with Crippen LogP contribution in [-0.2, 0) is 21.1 Å². The Morgan fingerprint density at radius 1 is 1.17 bits per heavy atom. The van der Waals surface area contributed by atoms with Crippen molar-refractivity contribution in [2.24, 2.45) is 0 Å². The predicted molar refractivity (Wildman–Crippen MR) is 21.9 cm³/mol. The van der Waals surface area contributed by atoms with Crippen molar-refractivity contribution in [1.29, 1.82) is 0 Å². The van der Waals surface area contributed by atoms with Gasteiger partial charge < -0.3 is 0 Å². The van der Waals surface area contributed by atoms with Crippen LogP contribution in [0.1, 0.15) is 12.8 Å². The van der Waals surface area contributed by atoms with E-state index >= 15 is 0 Å². The molecule has 1 aliphatic rings. The first-order chi connectivity index (χ1) is 2.50. The molecule has 36 valence electrons. The molecule has 0 aromatic carbocycles. The molecular formula is C5H6Pt. The molecule has 0 aromatic rings. The molecule has 0 bridgehead atoms. The fourth-order valence-corrected chi connectivity index (χ4v) is 0.417. The molecular weight excluding hydrogens is 255 g/mol. The maximum absolute atomic E-state index is 2.97. The Kier molecular flexibility index (Phi) is 3.52. The minimum absolute atomic E-state index is 0. The van der Waals surface area contributed by atoms with E-state index in [9.17, 15) is 0 Å². The van der Waals surface area contributed by atoms with Crippen LogP contribution in [0.5, 0.6) is 0 Å². The normalized spacial score (nSPS) is 14.7. The maximum Gasteiger partial charge on any atom is 0 e. The summed E-state index contributed by atoms with van der Waals surface area (Å²) in [6.45, 7) is 0. The van der Waals surface area contributed by atoms with Crippen LogP contribution in [0.4, 0.5) is 0 Å². The Balaban J connectivity index is 0.000000250. The van der Waals surface area contributed by atoms with Gasteiger partial charge in [-0.3, -0.25) is 0 Å². The smallest absolute Gasteiger partial charge is 0 e. The molecule has 6 heavy (non-hydrogen) atoms. The van der Waals surface area contributed by atoms with Crippen molar-refractivity contribution >= 4 is 0 Å². The summed E-state index contributed by atoms with van der Waals surface area (Å²) in [5, 5.41) is 0. The second-order valence-corrected chi connectivity index (χ2v) is 1.15. The largest absolute Gasteiger partial charge is 0.130 e. The van der Waals surface area contributed by atoms with E-state index in [0.29, 0.717) is 0 Å². The third-order valence-electron chi connectivity index (χ3n) is 0.691. The van der Waals surface area contributed by atoms with E-state index in [1.807, 2.05) is 0 Å². The summed E-state index contributed by atoms with van der Waals surface area (Å²) in [6.07, 6.45) is 6.53. The van der Waals surface area contributed by atoms with E-state index in [0.717, 1.165) is 0 Å². The molecule has 0 saturated heterocycles. The van der Waals surface area contributed by atoms with Crippen LogP contribution in [0.2, 0.25) is 0 Å². The summed E-state index contributed by atoms with van der Waals surface area (Å²) in [7, 11) is 0. The maximum atomic E-state index is 2.97. The Labute approximate surface area is 52.2 Å². The number of hydrogen-bond acceptors (Lipinski definition) is 0. The van der Waals surface area contributed by atoms with E-state index in [2.05, 4.69) is 17.9 Å². The summed E-state index contributed by atoms with van der Waals surface area (Å²) >= 11 is 0. The van der Waals surface area contributed by atoms with Gasteiger partial charge in [0.15, 0.2) is 0 Å². The van der Waals surface area contributed by atoms with Gasteiger partial charge >= 0.3 is 0 Å². The van der Waals surface area contributed by atoms with E-state index < -0.39 is 0 Å². The Morgan fingerprint density at radius 3 is 1.83 bits per heavy atom. The molecule has 0 N–H and O–H groups in total. The van der Waals surface area contributed by atoms with Crippen molar-refractivity contribution in [3.05, 3.63) is 17.9 Å². The molecule has 0 unspecified atom stereocenters. The molecule has 0 aromatic heterocycles. The first kappa shape index (κ1) is 6.21. The van der Waals surface area contributed by atoms with Gasteiger partial charge in [0.2, 0.25) is 0 Å². The Hall–Kier alpha value is 0.208. The first-order valence-corrected chi connectivity index (χ1v) is 1.89. The Morgan fingerprint density at radius 2 is 1.67 bits per heavy atom. The summed E-state index contributed by atoms with van der Waals surface area (Å²) in [5.74, 6) is 0. The van der Waals surface area contributed by atoms with Gasteiger partial charge in [-0.2, -0.15) is 0 Å². The van der Waals surface area contributed by atoms with Crippen LogP contribution < -0.4 is 0 Å². The molecule has 0 atom stereocenters. The molecule has 0 saturated carbocycles. The van der Waals surface area contributed by atoms with Crippen LogP contribution >= 0.6 is 0 Å². The topological polar surface area (TPSA) is 0 Å². The van der Waals surface area contributed by atoms with Crippen LogP contribution in [0.25, 0.3) is 0 Å². The number of hydrogen-bond donors (Lipinski definition) is 0. The average molecular weight is 261 g/mol. The van der Waals surface area contributed by atoms with Crippen LogP contribution in [-0.4, -0.2) is 0 Å². The van der Waals surface area contributed by atoms with Gasteiger partial charge in [0, 0.05) is 21.1 Å². The van der Waals surface area contributed by atoms with Gasteiger partial charge in [-0.25, -0.2) is 0 Å². The van der Waals surface area contributed by atoms with Crippen LogP contribution in [0.15, 0.2) is 17.9 Å². The zero-order chi connectivity index (χ0) is 3.54. The SMILES string of the molecule is C1=CCCC=1.[Pt]. The molecule has 0 radical (unpaired) electrons. The first-order valence-electron chi connectivity index (χ1n) is 1.89. The van der Waals surface area contributed by atoms with Gasteiger partial charge in [0.1, 0.15) is 0 Å². The van der Waals surface area contributed by atoms with E-state index in [4.69, 9.17) is 0 Å². The summed E-state index contributed by atoms with van der Waals surface area (Å²) < 4.78 is 0. The molecule has 0 aliphatic heterocycles. The van der Waals surface area contributed by atoms with Crippen molar-refractivity contribution < 1.29 is 21.1 Å². The summed E-state index contributed by atoms with van der Waals surface area (Å²) in [4.78, 5) is 0. The quantitative estimate of drug-likeness (QED) is 0.580. The van der Waals surface area contributed by atoms with Crippen molar-refractivity contribution in [3.8, 4) is 0 Å². The van der Waals surface area contributed by atoms with Gasteiger partial charge in [-0.1, -0.05) is 0 Å². The molecule has 0 amide bonds. The minimum atomic E-state index is 0. The average Bonchev–Trinajstić information content (AvgIpc) is 1.76. The van der Waals surface area contributed by atoms with Crippen molar-refractivity contribution in [1.82, 2.24) is 0 Å². The van der Waals surface area contributed by atoms with Crippen molar-refractivity contribution in [2.75, 3.05) is 0 Å². The van der Waals surface area contributed by atoms with Gasteiger partial charge in [-0.05, 0) is 25.0 Å². The van der Waals surface area contributed by atoms with Gasteiger partial charge in [0.25, 0.3) is 0 Å². The number of allylic oxidation sites excluding steroid dienone is 1. The van der Waals surface area contributed by atoms with E-state index in [-0.39, 0.29) is 21.1 Å². The minimum Gasteiger partial charge on any atom is -0.130 e. The molecule has 1 rings (SSSR count). The zero-order valence-corrected chi connectivity index (χ0v) is 5.66. The second-order valence-electron chi connectivity index (χ2n) is 1.15. The van der Waals surface area contributed by atoms with Gasteiger partial charge in [-0.15, -0.1) is 5.73 Å². The molecule has 0 heterocycles. The molecule has 0 spiro atoms. The summed E-state index contributed by atoms with van der Waals surface area (Å²) in [5.41, 5.74) is 2.97. The van der Waals surface area contributed by atoms with Crippen molar-refractivity contribution in [3.63, 3.8) is 0 Å². The molecule has 0 fully saturated rings. The van der Waals surface area contributed by atoms with Gasteiger partial charge in [0.05, 0.1) is 0 Å². The zero-order valence-electron chi connectivity index (χ0n) is 3.39. The number of rotatable bonds is 0. The fraction of sp³-hybridized carbons (Fsp3) is 0.400. The molecule has 0 nitrogen and oxygen atoms in total.